The molecule has 1 aliphatic rings. The minimum atomic E-state index is -4.55. The summed E-state index contributed by atoms with van der Waals surface area (Å²) < 4.78 is 52.2. The molecular formula is C15H20F4N2. The van der Waals surface area contributed by atoms with Crippen LogP contribution in [0.2, 0.25) is 0 Å². The highest BCUT2D eigenvalue weighted by atomic mass is 19.4. The molecule has 118 valence electrons. The molecule has 21 heavy (non-hydrogen) atoms. The summed E-state index contributed by atoms with van der Waals surface area (Å²) in [6, 6.07) is 2.70. The third kappa shape index (κ3) is 3.37. The van der Waals surface area contributed by atoms with E-state index in [0.29, 0.717) is 18.2 Å². The fourth-order valence-electron chi connectivity index (χ4n) is 3.12. The van der Waals surface area contributed by atoms with Gasteiger partial charge in [0.15, 0.2) is 0 Å². The number of alkyl halides is 3. The van der Waals surface area contributed by atoms with Gasteiger partial charge in [-0.1, -0.05) is 0 Å². The third-order valence-corrected chi connectivity index (χ3v) is 4.12. The van der Waals surface area contributed by atoms with Crippen LogP contribution in [0.5, 0.6) is 0 Å². The van der Waals surface area contributed by atoms with Gasteiger partial charge in [0, 0.05) is 12.1 Å². The molecule has 0 aliphatic carbocycles. The maximum absolute atomic E-state index is 13.6. The lowest BCUT2D eigenvalue weighted by Crippen LogP contribution is -2.33. The van der Waals surface area contributed by atoms with Gasteiger partial charge in [-0.05, 0) is 63.0 Å². The summed E-state index contributed by atoms with van der Waals surface area (Å²) in [5.74, 6) is -0.804. The van der Waals surface area contributed by atoms with Crippen LogP contribution >= 0.6 is 0 Å². The monoisotopic (exact) mass is 304 g/mol. The minimum Gasteiger partial charge on any atom is -0.330 e. The topological polar surface area (TPSA) is 29.3 Å². The van der Waals surface area contributed by atoms with Crippen LogP contribution < -0.4 is 5.73 Å². The van der Waals surface area contributed by atoms with Crippen LogP contribution in [-0.2, 0) is 6.18 Å². The lowest BCUT2D eigenvalue weighted by molar-refractivity contribution is -0.137. The standard InChI is InChI=1S/C15H20F4N2/c1-9(2)21-4-3-10(8-20)14(21)11-5-12(15(17,18)19)7-13(16)6-11/h5-7,9-10,14H,3-4,8,20H2,1-2H3. The van der Waals surface area contributed by atoms with E-state index in [9.17, 15) is 17.6 Å². The number of hydrogen-bond acceptors (Lipinski definition) is 2. The van der Waals surface area contributed by atoms with Gasteiger partial charge in [0.1, 0.15) is 5.82 Å². The summed E-state index contributed by atoms with van der Waals surface area (Å²) in [4.78, 5) is 2.09. The van der Waals surface area contributed by atoms with E-state index in [1.54, 1.807) is 0 Å². The average molecular weight is 304 g/mol. The van der Waals surface area contributed by atoms with Crippen LogP contribution in [0.1, 0.15) is 37.4 Å². The van der Waals surface area contributed by atoms with Crippen molar-refractivity contribution in [3.63, 3.8) is 0 Å². The fourth-order valence-corrected chi connectivity index (χ4v) is 3.12. The molecule has 6 heteroatoms. The Bertz CT molecular complexity index is 499. The summed E-state index contributed by atoms with van der Waals surface area (Å²) in [5, 5.41) is 0. The van der Waals surface area contributed by atoms with E-state index in [-0.39, 0.29) is 18.0 Å². The van der Waals surface area contributed by atoms with E-state index in [4.69, 9.17) is 5.73 Å². The summed E-state index contributed by atoms with van der Waals surface area (Å²) in [6.45, 7) is 5.11. The smallest absolute Gasteiger partial charge is 0.330 e. The Morgan fingerprint density at radius 1 is 1.29 bits per heavy atom. The predicted molar refractivity (Wildman–Crippen MR) is 73.1 cm³/mol. The maximum atomic E-state index is 13.6. The van der Waals surface area contributed by atoms with Gasteiger partial charge < -0.3 is 5.73 Å². The van der Waals surface area contributed by atoms with E-state index in [1.165, 1.54) is 6.07 Å². The Hall–Kier alpha value is -1.14. The molecule has 0 bridgehead atoms. The fraction of sp³-hybridized carbons (Fsp3) is 0.600. The molecule has 2 atom stereocenters. The number of nitrogens with zero attached hydrogens (tertiary/aromatic N) is 1. The van der Waals surface area contributed by atoms with Crippen molar-refractivity contribution >= 4 is 0 Å². The van der Waals surface area contributed by atoms with Crippen molar-refractivity contribution < 1.29 is 17.6 Å². The van der Waals surface area contributed by atoms with Gasteiger partial charge in [-0.25, -0.2) is 4.39 Å². The molecule has 2 unspecified atom stereocenters. The molecule has 1 aromatic carbocycles. The van der Waals surface area contributed by atoms with Gasteiger partial charge >= 0.3 is 6.18 Å². The zero-order valence-electron chi connectivity index (χ0n) is 12.1. The Labute approximate surface area is 121 Å². The van der Waals surface area contributed by atoms with Gasteiger partial charge in [0.2, 0.25) is 0 Å². The zero-order chi connectivity index (χ0) is 15.8. The number of rotatable bonds is 3. The molecule has 2 nitrogen and oxygen atoms in total. The van der Waals surface area contributed by atoms with Crippen LogP contribution in [0, 0.1) is 11.7 Å². The van der Waals surface area contributed by atoms with E-state index < -0.39 is 17.6 Å². The first-order valence-electron chi connectivity index (χ1n) is 7.07. The molecule has 1 aliphatic heterocycles. The van der Waals surface area contributed by atoms with Gasteiger partial charge in [-0.3, -0.25) is 4.90 Å². The van der Waals surface area contributed by atoms with Crippen LogP contribution in [0.3, 0.4) is 0 Å². The first-order valence-corrected chi connectivity index (χ1v) is 7.07. The van der Waals surface area contributed by atoms with E-state index in [1.807, 2.05) is 13.8 Å². The second-order valence-corrected chi connectivity index (χ2v) is 5.83. The summed E-state index contributed by atoms with van der Waals surface area (Å²) in [5.41, 5.74) is 5.17. The highest BCUT2D eigenvalue weighted by Crippen LogP contribution is 2.40. The van der Waals surface area contributed by atoms with Gasteiger partial charge in [-0.15, -0.1) is 0 Å². The first-order chi connectivity index (χ1) is 9.74. The molecule has 1 fully saturated rings. The van der Waals surface area contributed by atoms with E-state index in [2.05, 4.69) is 4.90 Å². The molecule has 1 saturated heterocycles. The predicted octanol–water partition coefficient (Wildman–Crippen LogP) is 3.57. The molecule has 0 radical (unpaired) electrons. The number of benzene rings is 1. The molecule has 0 saturated carbocycles. The van der Waals surface area contributed by atoms with Crippen LogP contribution in [0.4, 0.5) is 17.6 Å². The van der Waals surface area contributed by atoms with Crippen molar-refractivity contribution in [1.29, 1.82) is 0 Å². The second-order valence-electron chi connectivity index (χ2n) is 5.83. The Morgan fingerprint density at radius 3 is 2.48 bits per heavy atom. The zero-order valence-corrected chi connectivity index (χ0v) is 12.1. The molecule has 0 amide bonds. The minimum absolute atomic E-state index is 0.0512. The maximum Gasteiger partial charge on any atom is 0.416 e. The van der Waals surface area contributed by atoms with Crippen molar-refractivity contribution in [2.45, 2.75) is 38.5 Å². The summed E-state index contributed by atoms with van der Waals surface area (Å²) >= 11 is 0. The molecule has 0 spiro atoms. The van der Waals surface area contributed by atoms with Crippen LogP contribution in [0.25, 0.3) is 0 Å². The van der Waals surface area contributed by atoms with Gasteiger partial charge in [0.05, 0.1) is 5.56 Å². The Balaban J connectivity index is 2.45. The molecule has 1 heterocycles. The van der Waals surface area contributed by atoms with Crippen molar-refractivity contribution in [3.8, 4) is 0 Å². The SMILES string of the molecule is CC(C)N1CCC(CN)C1c1cc(F)cc(C(F)(F)F)c1. The molecule has 2 N–H and O–H groups in total. The first kappa shape index (κ1) is 16.2. The Morgan fingerprint density at radius 2 is 1.95 bits per heavy atom. The highest BCUT2D eigenvalue weighted by molar-refractivity contribution is 5.30. The average Bonchev–Trinajstić information content (AvgIpc) is 2.80. The molecule has 1 aromatic rings. The van der Waals surface area contributed by atoms with E-state index >= 15 is 0 Å². The molecular weight excluding hydrogens is 284 g/mol. The normalized spacial score (nSPS) is 24.0. The molecule has 2 rings (SSSR count). The third-order valence-electron chi connectivity index (χ3n) is 4.12. The van der Waals surface area contributed by atoms with Gasteiger partial charge in [0.25, 0.3) is 0 Å². The van der Waals surface area contributed by atoms with Crippen LogP contribution in [0.15, 0.2) is 18.2 Å². The quantitative estimate of drug-likeness (QED) is 0.865. The molecule has 0 aromatic heterocycles. The van der Waals surface area contributed by atoms with Crippen LogP contribution in [-0.4, -0.2) is 24.0 Å². The number of hydrogen-bond donors (Lipinski definition) is 1. The van der Waals surface area contributed by atoms with Crippen molar-refractivity contribution in [1.82, 2.24) is 4.90 Å². The number of halogens is 4. The van der Waals surface area contributed by atoms with Gasteiger partial charge in [-0.2, -0.15) is 13.2 Å². The Kier molecular flexibility index (Phi) is 4.58. The van der Waals surface area contributed by atoms with E-state index in [0.717, 1.165) is 19.0 Å². The largest absolute Gasteiger partial charge is 0.416 e. The number of likely N-dealkylation sites (tertiary alicyclic amines) is 1. The lowest BCUT2D eigenvalue weighted by Gasteiger charge is -2.31. The second kappa shape index (κ2) is 5.93. The van der Waals surface area contributed by atoms with Crippen molar-refractivity contribution in [2.24, 2.45) is 11.7 Å². The van der Waals surface area contributed by atoms with Crippen molar-refractivity contribution in [3.05, 3.63) is 35.1 Å². The summed E-state index contributed by atoms with van der Waals surface area (Å²) in [6.07, 6.45) is -3.73. The van der Waals surface area contributed by atoms with Crippen molar-refractivity contribution in [2.75, 3.05) is 13.1 Å². The summed E-state index contributed by atoms with van der Waals surface area (Å²) in [7, 11) is 0. The number of nitrogens with two attached hydrogens (primary N) is 1. The lowest BCUT2D eigenvalue weighted by atomic mass is 9.92. The highest BCUT2D eigenvalue weighted by Gasteiger charge is 2.38.